The Morgan fingerprint density at radius 2 is 1.63 bits per heavy atom. The van der Waals surface area contributed by atoms with E-state index in [9.17, 15) is 4.79 Å². The molecule has 1 saturated carbocycles. The molecule has 1 aliphatic heterocycles. The lowest BCUT2D eigenvalue weighted by Gasteiger charge is -2.81. The highest BCUT2D eigenvalue weighted by molar-refractivity contribution is 5.73. The Bertz CT molecular complexity index is 569. The van der Waals surface area contributed by atoms with Crippen LogP contribution in [0.5, 0.6) is 0 Å². The highest BCUT2D eigenvalue weighted by Gasteiger charge is 2.90. The summed E-state index contributed by atoms with van der Waals surface area (Å²) in [5, 5.41) is 10.0. The fourth-order valence-corrected chi connectivity index (χ4v) is 5.20. The van der Waals surface area contributed by atoms with E-state index in [1.165, 1.54) is 23.3 Å². The fraction of sp³-hybridized carbons (Fsp3) is 0.786. The minimum atomic E-state index is -0.453. The molecule has 5 heteroatoms. The maximum absolute atomic E-state index is 12.0. The molecule has 0 aromatic heterocycles. The molecule has 0 N–H and O–H groups in total. The van der Waals surface area contributed by atoms with Crippen LogP contribution in [0.25, 0.3) is 0 Å². The summed E-state index contributed by atoms with van der Waals surface area (Å²) in [5.74, 6) is 0. The Kier molecular flexibility index (Phi) is 1.90. The Balaban J connectivity index is 2.20. The van der Waals surface area contributed by atoms with E-state index >= 15 is 0 Å². The van der Waals surface area contributed by atoms with Crippen molar-refractivity contribution < 1.29 is 9.53 Å². The van der Waals surface area contributed by atoms with Gasteiger partial charge in [0.15, 0.2) is 0 Å². The molecule has 0 aromatic carbocycles. The van der Waals surface area contributed by atoms with Gasteiger partial charge in [-0.25, -0.2) is 4.79 Å². The molecule has 2 aliphatic carbocycles. The Morgan fingerprint density at radius 3 is 2.16 bits per heavy atom. The van der Waals surface area contributed by atoms with E-state index in [1.54, 1.807) is 0 Å². The van der Waals surface area contributed by atoms with Crippen LogP contribution >= 0.6 is 0 Å². The van der Waals surface area contributed by atoms with Crippen molar-refractivity contribution in [1.82, 2.24) is 5.01 Å². The molecular formula is C14H21N3O2. The van der Waals surface area contributed by atoms with Crippen molar-refractivity contribution in [1.29, 1.82) is 0 Å². The minimum absolute atomic E-state index is 0.0366. The molecule has 104 valence electrons. The van der Waals surface area contributed by atoms with Crippen LogP contribution in [0.2, 0.25) is 0 Å². The number of rotatable bonds is 0. The van der Waals surface area contributed by atoms with E-state index in [2.05, 4.69) is 51.9 Å². The summed E-state index contributed by atoms with van der Waals surface area (Å²) in [5.41, 5.74) is 1.75. The minimum Gasteiger partial charge on any atom is -0.451 e. The van der Waals surface area contributed by atoms with Crippen molar-refractivity contribution in [3.05, 3.63) is 11.1 Å². The summed E-state index contributed by atoms with van der Waals surface area (Å²) in [6, 6.07) is 0. The first-order chi connectivity index (χ1) is 8.64. The first kappa shape index (κ1) is 12.6. The predicted molar refractivity (Wildman–Crippen MR) is 70.5 cm³/mol. The predicted octanol–water partition coefficient (Wildman–Crippen LogP) is 3.33. The van der Waals surface area contributed by atoms with Crippen molar-refractivity contribution >= 4 is 6.09 Å². The SMILES string of the molecule is COC(=O)N1N=N[C@]2(C)[C@]3(C)C(C)=C(C)[C@]3(C)[C@@]12C. The summed E-state index contributed by atoms with van der Waals surface area (Å²) in [6.07, 6.45) is -0.435. The molecule has 4 atom stereocenters. The van der Waals surface area contributed by atoms with E-state index in [0.717, 1.165) is 0 Å². The van der Waals surface area contributed by atoms with Crippen molar-refractivity contribution in [2.45, 2.75) is 52.6 Å². The highest BCUT2D eigenvalue weighted by Crippen LogP contribution is 2.84. The van der Waals surface area contributed by atoms with Crippen LogP contribution in [-0.2, 0) is 4.74 Å². The number of nitrogens with zero attached hydrogens (tertiary/aromatic N) is 3. The largest absolute Gasteiger partial charge is 0.451 e. The summed E-state index contributed by atoms with van der Waals surface area (Å²) in [4.78, 5) is 12.0. The van der Waals surface area contributed by atoms with Crippen molar-refractivity contribution in [2.24, 2.45) is 21.2 Å². The summed E-state index contributed by atoms with van der Waals surface area (Å²) in [7, 11) is 1.38. The molecule has 19 heavy (non-hydrogen) atoms. The molecule has 0 aromatic rings. The van der Waals surface area contributed by atoms with Crippen LogP contribution in [0.3, 0.4) is 0 Å². The maximum atomic E-state index is 12.0. The van der Waals surface area contributed by atoms with E-state index < -0.39 is 11.6 Å². The van der Waals surface area contributed by atoms with E-state index in [0.29, 0.717) is 0 Å². The smallest absolute Gasteiger partial charge is 0.432 e. The first-order valence-corrected chi connectivity index (χ1v) is 6.64. The molecule has 1 fully saturated rings. The van der Waals surface area contributed by atoms with Gasteiger partial charge in [-0.05, 0) is 27.7 Å². The third kappa shape index (κ3) is 0.753. The van der Waals surface area contributed by atoms with Gasteiger partial charge in [0.25, 0.3) is 0 Å². The van der Waals surface area contributed by atoms with E-state index in [4.69, 9.17) is 4.74 Å². The molecule has 3 aliphatic rings. The van der Waals surface area contributed by atoms with Gasteiger partial charge in [-0.3, -0.25) is 0 Å². The summed E-state index contributed by atoms with van der Waals surface area (Å²) >= 11 is 0. The number of carbonyl (C=O) groups excluding carboxylic acids is 1. The average Bonchev–Trinajstić information content (AvgIpc) is 2.67. The molecule has 0 unspecified atom stereocenters. The van der Waals surface area contributed by atoms with Crippen molar-refractivity contribution in [2.75, 3.05) is 7.11 Å². The summed E-state index contributed by atoms with van der Waals surface area (Å²) in [6.45, 7) is 12.9. The molecule has 0 saturated heterocycles. The molecule has 3 rings (SSSR count). The molecular weight excluding hydrogens is 242 g/mol. The summed E-state index contributed by atoms with van der Waals surface area (Å²) < 4.78 is 4.86. The fourth-order valence-electron chi connectivity index (χ4n) is 5.20. The van der Waals surface area contributed by atoms with E-state index in [1.807, 2.05) is 0 Å². The maximum Gasteiger partial charge on any atom is 0.432 e. The zero-order chi connectivity index (χ0) is 14.4. The lowest BCUT2D eigenvalue weighted by Crippen LogP contribution is -2.89. The Morgan fingerprint density at radius 1 is 1.11 bits per heavy atom. The topological polar surface area (TPSA) is 54.3 Å². The lowest BCUT2D eigenvalue weighted by atomic mass is 9.23. The number of fused-ring (bicyclic) bond motifs is 4. The van der Waals surface area contributed by atoms with Gasteiger partial charge in [-0.1, -0.05) is 30.2 Å². The zero-order valence-corrected chi connectivity index (χ0v) is 12.7. The second-order valence-electron chi connectivity index (χ2n) is 6.62. The molecule has 5 nitrogen and oxygen atoms in total. The Hall–Kier alpha value is -1.39. The van der Waals surface area contributed by atoms with Gasteiger partial charge >= 0.3 is 6.09 Å². The average molecular weight is 263 g/mol. The number of carbonyl (C=O) groups is 1. The number of amides is 1. The number of hydrogen-bond acceptors (Lipinski definition) is 4. The van der Waals surface area contributed by atoms with Gasteiger partial charge in [0.2, 0.25) is 0 Å². The third-order valence-corrected chi connectivity index (χ3v) is 7.06. The lowest BCUT2D eigenvalue weighted by molar-refractivity contribution is -0.225. The van der Waals surface area contributed by atoms with Gasteiger partial charge in [0.05, 0.1) is 7.11 Å². The molecule has 0 bridgehead atoms. The number of ether oxygens (including phenoxy) is 1. The zero-order valence-electron chi connectivity index (χ0n) is 12.7. The van der Waals surface area contributed by atoms with Crippen LogP contribution in [0, 0.1) is 10.8 Å². The molecule has 1 heterocycles. The third-order valence-electron chi connectivity index (χ3n) is 7.06. The van der Waals surface area contributed by atoms with Crippen LogP contribution in [0.15, 0.2) is 21.5 Å². The first-order valence-electron chi connectivity index (χ1n) is 6.64. The number of methoxy groups -OCH3 is 1. The Labute approximate surface area is 113 Å². The van der Waals surface area contributed by atoms with Gasteiger partial charge in [0.1, 0.15) is 11.1 Å². The van der Waals surface area contributed by atoms with Gasteiger partial charge in [0, 0.05) is 10.8 Å². The standard InChI is InChI=1S/C14H21N3O2/c1-8-9(2)12(4)11(8,3)13(5)14(12,6)17(16-15-13)10(18)19-7/h1-7H3/t11-,12+,13-,14-/m1/s1. The molecule has 1 amide bonds. The highest BCUT2D eigenvalue weighted by atomic mass is 16.5. The van der Waals surface area contributed by atoms with Crippen LogP contribution < -0.4 is 0 Å². The quantitative estimate of drug-likeness (QED) is 0.629. The van der Waals surface area contributed by atoms with Crippen molar-refractivity contribution in [3.63, 3.8) is 0 Å². The normalized spacial score (nSPS) is 50.4. The second kappa shape index (κ2) is 2.86. The molecule has 0 spiro atoms. The van der Waals surface area contributed by atoms with Crippen LogP contribution in [-0.4, -0.2) is 29.3 Å². The number of hydrogen-bond donors (Lipinski definition) is 0. The van der Waals surface area contributed by atoms with Gasteiger partial charge < -0.3 is 4.74 Å². The van der Waals surface area contributed by atoms with Crippen molar-refractivity contribution in [3.8, 4) is 0 Å². The second-order valence-corrected chi connectivity index (χ2v) is 6.62. The molecule has 0 radical (unpaired) electrons. The van der Waals surface area contributed by atoms with Crippen LogP contribution in [0.4, 0.5) is 4.79 Å². The van der Waals surface area contributed by atoms with Crippen LogP contribution in [0.1, 0.15) is 41.5 Å². The van der Waals surface area contributed by atoms with E-state index in [-0.39, 0.29) is 16.4 Å². The van der Waals surface area contributed by atoms with Gasteiger partial charge in [-0.15, -0.1) is 0 Å². The monoisotopic (exact) mass is 263 g/mol. The van der Waals surface area contributed by atoms with Gasteiger partial charge in [-0.2, -0.15) is 10.1 Å².